The fraction of sp³-hybridized carbons (Fsp3) is 0. The Hall–Kier alpha value is -0.820. The van der Waals surface area contributed by atoms with E-state index >= 15 is 0 Å². The third-order valence-corrected chi connectivity index (χ3v) is 5.54. The van der Waals surface area contributed by atoms with Crippen molar-refractivity contribution < 1.29 is 0 Å². The van der Waals surface area contributed by atoms with Crippen LogP contribution in [0.2, 0.25) is 0 Å². The van der Waals surface area contributed by atoms with Crippen LogP contribution >= 0.6 is 47.1 Å². The maximum atomic E-state index is 5.19. The molecule has 0 fully saturated rings. The fourth-order valence-corrected chi connectivity index (χ4v) is 3.87. The molecule has 0 bridgehead atoms. The molecule has 1 aromatic heterocycles. The lowest BCUT2D eigenvalue weighted by atomic mass is 10.2. The molecule has 6 heteroatoms. The number of nitrogens with one attached hydrogen (secondary N) is 2. The number of hydrogen-bond acceptors (Lipinski definition) is 6. The smallest absolute Gasteiger partial charge is 0.129 e. The van der Waals surface area contributed by atoms with Crippen LogP contribution in [0.3, 0.4) is 0 Å². The van der Waals surface area contributed by atoms with Gasteiger partial charge >= 0.3 is 0 Å². The molecule has 0 amide bonds. The van der Waals surface area contributed by atoms with Gasteiger partial charge in [0.05, 0.1) is 11.4 Å². The summed E-state index contributed by atoms with van der Waals surface area (Å²) in [5.74, 6) is 0. The standard InChI is InChI=1S/C10H6N2S4/c13-9-10(14)16-8-7(15-9)11-5-3-1-2-4-6(5)12-8/h1-4,11-12H. The van der Waals surface area contributed by atoms with Gasteiger partial charge in [-0.15, -0.1) is 22.7 Å². The SMILES string of the molecule is S=c1sc2c(sc1=S)Nc1ccccc1N2. The Morgan fingerprint density at radius 1 is 0.812 bits per heavy atom. The first-order chi connectivity index (χ1) is 7.74. The highest BCUT2D eigenvalue weighted by Gasteiger charge is 2.14. The quantitative estimate of drug-likeness (QED) is 0.562. The van der Waals surface area contributed by atoms with Crippen LogP contribution in [0.15, 0.2) is 24.3 Å². The number of hydrogen-bond donors (Lipinski definition) is 2. The van der Waals surface area contributed by atoms with E-state index in [0.29, 0.717) is 0 Å². The van der Waals surface area contributed by atoms with Crippen molar-refractivity contribution in [1.82, 2.24) is 0 Å². The van der Waals surface area contributed by atoms with E-state index in [1.807, 2.05) is 24.3 Å². The van der Waals surface area contributed by atoms with E-state index in [2.05, 4.69) is 10.6 Å². The monoisotopic (exact) mass is 282 g/mol. The highest BCUT2D eigenvalue weighted by molar-refractivity contribution is 7.77. The van der Waals surface area contributed by atoms with Gasteiger partial charge in [0.15, 0.2) is 0 Å². The summed E-state index contributed by atoms with van der Waals surface area (Å²) in [6.07, 6.45) is 0. The molecule has 80 valence electrons. The van der Waals surface area contributed by atoms with Crippen LogP contribution in [0, 0.1) is 7.65 Å². The molecular weight excluding hydrogens is 276 g/mol. The summed E-state index contributed by atoms with van der Waals surface area (Å²) in [4.78, 5) is 0. The molecule has 2 aromatic rings. The van der Waals surface area contributed by atoms with E-state index in [0.717, 1.165) is 29.0 Å². The van der Waals surface area contributed by atoms with Crippen LogP contribution in [-0.2, 0) is 0 Å². The minimum atomic E-state index is 0.771. The highest BCUT2D eigenvalue weighted by Crippen LogP contribution is 2.43. The van der Waals surface area contributed by atoms with Crippen molar-refractivity contribution in [3.8, 4) is 0 Å². The van der Waals surface area contributed by atoms with E-state index < -0.39 is 0 Å². The summed E-state index contributed by atoms with van der Waals surface area (Å²) in [5.41, 5.74) is 2.15. The first-order valence-corrected chi connectivity index (χ1v) is 7.00. The van der Waals surface area contributed by atoms with Crippen molar-refractivity contribution >= 4 is 68.5 Å². The first-order valence-electron chi connectivity index (χ1n) is 4.55. The van der Waals surface area contributed by atoms with Crippen molar-refractivity contribution in [2.24, 2.45) is 0 Å². The molecule has 1 aromatic carbocycles. The number of para-hydroxylation sites is 2. The Bertz CT molecular complexity index is 613. The Balaban J connectivity index is 2.19. The van der Waals surface area contributed by atoms with Crippen LogP contribution < -0.4 is 10.6 Å². The molecule has 0 radical (unpaired) electrons. The van der Waals surface area contributed by atoms with Crippen molar-refractivity contribution in [2.45, 2.75) is 0 Å². The third-order valence-electron chi connectivity index (χ3n) is 2.19. The molecule has 3 rings (SSSR count). The molecule has 2 N–H and O–H groups in total. The predicted molar refractivity (Wildman–Crippen MR) is 76.9 cm³/mol. The van der Waals surface area contributed by atoms with E-state index in [1.165, 1.54) is 22.7 Å². The Morgan fingerprint density at radius 2 is 1.25 bits per heavy atom. The van der Waals surface area contributed by atoms with E-state index in [9.17, 15) is 0 Å². The van der Waals surface area contributed by atoms with Crippen LogP contribution in [0.5, 0.6) is 0 Å². The van der Waals surface area contributed by atoms with E-state index in [-0.39, 0.29) is 0 Å². The zero-order valence-electron chi connectivity index (χ0n) is 7.94. The lowest BCUT2D eigenvalue weighted by Crippen LogP contribution is -2.03. The number of benzene rings is 1. The molecule has 0 saturated heterocycles. The van der Waals surface area contributed by atoms with Crippen LogP contribution in [0.1, 0.15) is 0 Å². The van der Waals surface area contributed by atoms with Gasteiger partial charge in [-0.05, 0) is 12.1 Å². The van der Waals surface area contributed by atoms with Crippen molar-refractivity contribution in [2.75, 3.05) is 10.6 Å². The molecule has 2 nitrogen and oxygen atoms in total. The van der Waals surface area contributed by atoms with Gasteiger partial charge in [-0.1, -0.05) is 36.6 Å². The fourth-order valence-electron chi connectivity index (χ4n) is 1.47. The molecule has 16 heavy (non-hydrogen) atoms. The molecule has 2 heterocycles. The highest BCUT2D eigenvalue weighted by atomic mass is 32.2. The van der Waals surface area contributed by atoms with Gasteiger partial charge in [0.1, 0.15) is 17.6 Å². The largest absolute Gasteiger partial charge is 0.343 e. The maximum Gasteiger partial charge on any atom is 0.129 e. The maximum absolute atomic E-state index is 5.19. The van der Waals surface area contributed by atoms with Gasteiger partial charge in [-0.25, -0.2) is 0 Å². The minimum Gasteiger partial charge on any atom is -0.343 e. The molecule has 0 aliphatic carbocycles. The Morgan fingerprint density at radius 3 is 1.69 bits per heavy atom. The first kappa shape index (κ1) is 10.3. The Kier molecular flexibility index (Phi) is 2.51. The average molecular weight is 282 g/mol. The van der Waals surface area contributed by atoms with Gasteiger partial charge in [0, 0.05) is 0 Å². The normalized spacial score (nSPS) is 12.0. The zero-order chi connectivity index (χ0) is 11.1. The topological polar surface area (TPSA) is 24.1 Å². The van der Waals surface area contributed by atoms with E-state index in [1.54, 1.807) is 0 Å². The summed E-state index contributed by atoms with van der Waals surface area (Å²) in [7, 11) is 0. The van der Waals surface area contributed by atoms with Crippen LogP contribution in [0.4, 0.5) is 21.4 Å². The van der Waals surface area contributed by atoms with Crippen molar-refractivity contribution in [1.29, 1.82) is 0 Å². The molecule has 0 unspecified atom stereocenters. The van der Waals surface area contributed by atoms with Crippen LogP contribution in [-0.4, -0.2) is 0 Å². The number of anilines is 4. The second-order valence-corrected chi connectivity index (χ2v) is 6.61. The molecule has 0 spiro atoms. The minimum absolute atomic E-state index is 0.771. The van der Waals surface area contributed by atoms with Crippen molar-refractivity contribution in [3.63, 3.8) is 0 Å². The average Bonchev–Trinajstić information content (AvgIpc) is 2.28. The summed E-state index contributed by atoms with van der Waals surface area (Å²) in [6.45, 7) is 0. The van der Waals surface area contributed by atoms with Crippen LogP contribution in [0.25, 0.3) is 0 Å². The molecule has 1 aliphatic rings. The lowest BCUT2D eigenvalue weighted by Gasteiger charge is -2.20. The summed E-state index contributed by atoms with van der Waals surface area (Å²) in [5, 5.41) is 8.81. The molecular formula is C10H6N2S4. The van der Waals surface area contributed by atoms with Gasteiger partial charge in [-0.2, -0.15) is 0 Å². The number of fused-ring (bicyclic) bond motifs is 2. The van der Waals surface area contributed by atoms with Gasteiger partial charge in [0.25, 0.3) is 0 Å². The second kappa shape index (κ2) is 3.89. The predicted octanol–water partition coefficient (Wildman–Crippen LogP) is 5.07. The van der Waals surface area contributed by atoms with Gasteiger partial charge in [-0.3, -0.25) is 0 Å². The summed E-state index contributed by atoms with van der Waals surface area (Å²) < 4.78 is 1.54. The second-order valence-electron chi connectivity index (χ2n) is 3.23. The lowest BCUT2D eigenvalue weighted by molar-refractivity contribution is 1.52. The molecule has 0 saturated carbocycles. The molecule has 0 atom stereocenters. The Labute approximate surface area is 111 Å². The zero-order valence-corrected chi connectivity index (χ0v) is 11.2. The van der Waals surface area contributed by atoms with E-state index in [4.69, 9.17) is 24.4 Å². The van der Waals surface area contributed by atoms with Crippen molar-refractivity contribution in [3.05, 3.63) is 31.9 Å². The summed E-state index contributed by atoms with van der Waals surface area (Å²) in [6, 6.07) is 8.08. The third kappa shape index (κ3) is 1.67. The van der Waals surface area contributed by atoms with Gasteiger partial charge < -0.3 is 10.6 Å². The summed E-state index contributed by atoms with van der Waals surface area (Å²) >= 11 is 13.4. The van der Waals surface area contributed by atoms with Gasteiger partial charge in [0.2, 0.25) is 0 Å². The molecule has 1 aliphatic heterocycles. The number of rotatable bonds is 0.